The molecule has 7 heteroatoms. The Morgan fingerprint density at radius 1 is 1.32 bits per heavy atom. The molecule has 2 fully saturated rings. The van der Waals surface area contributed by atoms with Gasteiger partial charge in [0.15, 0.2) is 0 Å². The van der Waals surface area contributed by atoms with E-state index in [9.17, 15) is 9.59 Å². The van der Waals surface area contributed by atoms with E-state index in [0.29, 0.717) is 18.8 Å². The Kier molecular flexibility index (Phi) is 4.94. The highest BCUT2D eigenvalue weighted by Crippen LogP contribution is 2.16. The number of thioether (sulfide) groups is 1. The van der Waals surface area contributed by atoms with Crippen LogP contribution in [0, 0.1) is 0 Å². The van der Waals surface area contributed by atoms with Gasteiger partial charge in [-0.05, 0) is 25.0 Å². The molecular formula is C15H20N4O2S. The van der Waals surface area contributed by atoms with Gasteiger partial charge in [-0.3, -0.25) is 19.9 Å². The topological polar surface area (TPSA) is 74.3 Å². The highest BCUT2D eigenvalue weighted by molar-refractivity contribution is 7.99. The summed E-state index contributed by atoms with van der Waals surface area (Å²) in [4.78, 5) is 30.3. The number of hydrogen-bond donors (Lipinski definition) is 2. The Morgan fingerprint density at radius 2 is 2.14 bits per heavy atom. The second-order valence-electron chi connectivity index (χ2n) is 5.56. The van der Waals surface area contributed by atoms with E-state index in [1.165, 1.54) is 0 Å². The molecule has 2 saturated heterocycles. The summed E-state index contributed by atoms with van der Waals surface area (Å²) in [6.45, 7) is 1.41. The van der Waals surface area contributed by atoms with Crippen molar-refractivity contribution in [2.24, 2.45) is 0 Å². The van der Waals surface area contributed by atoms with Crippen molar-refractivity contribution in [1.82, 2.24) is 20.5 Å². The Balaban J connectivity index is 1.47. The second kappa shape index (κ2) is 7.11. The van der Waals surface area contributed by atoms with Crippen molar-refractivity contribution < 1.29 is 9.59 Å². The van der Waals surface area contributed by atoms with Crippen molar-refractivity contribution in [2.45, 2.75) is 24.9 Å². The number of likely N-dealkylation sites (tertiary alicyclic amines) is 1. The summed E-state index contributed by atoms with van der Waals surface area (Å²) in [5.74, 6) is 1.76. The van der Waals surface area contributed by atoms with E-state index < -0.39 is 0 Å². The summed E-state index contributed by atoms with van der Waals surface area (Å²) in [5.41, 5.74) is 0.438. The molecule has 2 aliphatic rings. The van der Waals surface area contributed by atoms with Gasteiger partial charge in [0.2, 0.25) is 5.91 Å². The molecule has 0 bridgehead atoms. The zero-order valence-corrected chi connectivity index (χ0v) is 13.1. The van der Waals surface area contributed by atoms with Gasteiger partial charge in [-0.1, -0.05) is 6.07 Å². The minimum absolute atomic E-state index is 0.0374. The van der Waals surface area contributed by atoms with E-state index in [1.54, 1.807) is 36.2 Å². The zero-order chi connectivity index (χ0) is 15.4. The van der Waals surface area contributed by atoms with Gasteiger partial charge < -0.3 is 10.2 Å². The van der Waals surface area contributed by atoms with E-state index in [-0.39, 0.29) is 23.9 Å². The van der Waals surface area contributed by atoms with Gasteiger partial charge in [0.1, 0.15) is 5.69 Å². The molecule has 0 aliphatic carbocycles. The number of rotatable bonds is 3. The second-order valence-corrected chi connectivity index (χ2v) is 6.59. The molecule has 3 heterocycles. The normalized spacial score (nSPS) is 22.5. The van der Waals surface area contributed by atoms with Crippen LogP contribution in [0.3, 0.4) is 0 Å². The molecule has 3 rings (SSSR count). The molecule has 0 aromatic carbocycles. The van der Waals surface area contributed by atoms with Crippen molar-refractivity contribution in [3.05, 3.63) is 30.1 Å². The maximum absolute atomic E-state index is 12.3. The van der Waals surface area contributed by atoms with E-state index in [0.717, 1.165) is 24.5 Å². The van der Waals surface area contributed by atoms with Crippen molar-refractivity contribution in [1.29, 1.82) is 0 Å². The fourth-order valence-electron chi connectivity index (χ4n) is 2.77. The van der Waals surface area contributed by atoms with Gasteiger partial charge in [-0.15, -0.1) is 11.8 Å². The van der Waals surface area contributed by atoms with Crippen LogP contribution in [0.1, 0.15) is 23.3 Å². The standard InChI is InChI=1S/C15H20N4O2S/c20-14(12-3-1-2-6-16-12)18-11-4-7-19(8-5-11)15(21)13-9-22-10-17-13/h1-3,6,11,13,17H,4-5,7-10H2,(H,18,20). The summed E-state index contributed by atoms with van der Waals surface area (Å²) < 4.78 is 0. The molecule has 0 spiro atoms. The molecule has 22 heavy (non-hydrogen) atoms. The monoisotopic (exact) mass is 320 g/mol. The number of pyridine rings is 1. The Bertz CT molecular complexity index is 526. The van der Waals surface area contributed by atoms with Crippen LogP contribution in [0.2, 0.25) is 0 Å². The van der Waals surface area contributed by atoms with Gasteiger partial charge in [0, 0.05) is 37.0 Å². The van der Waals surface area contributed by atoms with Crippen molar-refractivity contribution in [3.8, 4) is 0 Å². The molecule has 1 atom stereocenters. The third-order valence-electron chi connectivity index (χ3n) is 4.05. The van der Waals surface area contributed by atoms with Crippen LogP contribution >= 0.6 is 11.8 Å². The molecule has 1 aromatic rings. The first kappa shape index (κ1) is 15.3. The van der Waals surface area contributed by atoms with Crippen LogP contribution in [-0.2, 0) is 4.79 Å². The van der Waals surface area contributed by atoms with Crippen LogP contribution in [0.15, 0.2) is 24.4 Å². The molecule has 2 amide bonds. The summed E-state index contributed by atoms with van der Waals surface area (Å²) in [7, 11) is 0. The predicted molar refractivity (Wildman–Crippen MR) is 85.6 cm³/mol. The quantitative estimate of drug-likeness (QED) is 0.847. The minimum atomic E-state index is -0.140. The maximum Gasteiger partial charge on any atom is 0.270 e. The van der Waals surface area contributed by atoms with E-state index in [1.807, 2.05) is 4.90 Å². The van der Waals surface area contributed by atoms with Crippen LogP contribution < -0.4 is 10.6 Å². The number of nitrogens with zero attached hydrogens (tertiary/aromatic N) is 2. The van der Waals surface area contributed by atoms with Gasteiger partial charge in [-0.2, -0.15) is 0 Å². The minimum Gasteiger partial charge on any atom is -0.348 e. The molecule has 0 radical (unpaired) electrons. The molecule has 2 aliphatic heterocycles. The van der Waals surface area contributed by atoms with E-state index >= 15 is 0 Å². The van der Waals surface area contributed by atoms with Crippen LogP contribution in [0.25, 0.3) is 0 Å². The lowest BCUT2D eigenvalue weighted by atomic mass is 10.0. The average Bonchev–Trinajstić information content (AvgIpc) is 3.10. The van der Waals surface area contributed by atoms with E-state index in [4.69, 9.17) is 0 Å². The molecule has 118 valence electrons. The first-order valence-corrected chi connectivity index (χ1v) is 8.71. The molecule has 0 saturated carbocycles. The summed E-state index contributed by atoms with van der Waals surface area (Å²) in [6, 6.07) is 5.37. The molecule has 6 nitrogen and oxygen atoms in total. The fourth-order valence-corrected chi connectivity index (χ4v) is 3.71. The first-order chi connectivity index (χ1) is 10.7. The molecule has 1 aromatic heterocycles. The molecular weight excluding hydrogens is 300 g/mol. The summed E-state index contributed by atoms with van der Waals surface area (Å²) >= 11 is 1.76. The third-order valence-corrected chi connectivity index (χ3v) is 4.99. The number of aromatic nitrogens is 1. The lowest BCUT2D eigenvalue weighted by molar-refractivity contribution is -0.133. The zero-order valence-electron chi connectivity index (χ0n) is 12.3. The molecule has 1 unspecified atom stereocenters. The SMILES string of the molecule is O=C(NC1CCN(C(=O)C2CSCN2)CC1)c1ccccn1. The largest absolute Gasteiger partial charge is 0.348 e. The number of nitrogens with one attached hydrogen (secondary N) is 2. The number of carbonyl (C=O) groups excluding carboxylic acids is 2. The lowest BCUT2D eigenvalue weighted by Crippen LogP contribution is -2.51. The van der Waals surface area contributed by atoms with Crippen LogP contribution in [0.4, 0.5) is 0 Å². The predicted octanol–water partition coefficient (Wildman–Crippen LogP) is 0.465. The van der Waals surface area contributed by atoms with Gasteiger partial charge in [0.05, 0.1) is 6.04 Å². The number of hydrogen-bond acceptors (Lipinski definition) is 5. The number of carbonyl (C=O) groups is 2. The fraction of sp³-hybridized carbons (Fsp3) is 0.533. The molecule has 2 N–H and O–H groups in total. The van der Waals surface area contributed by atoms with Crippen molar-refractivity contribution in [2.75, 3.05) is 24.7 Å². The number of amides is 2. The summed E-state index contributed by atoms with van der Waals surface area (Å²) in [6.07, 6.45) is 3.21. The van der Waals surface area contributed by atoms with Gasteiger partial charge in [-0.25, -0.2) is 0 Å². The van der Waals surface area contributed by atoms with Crippen molar-refractivity contribution >= 4 is 23.6 Å². The van der Waals surface area contributed by atoms with Gasteiger partial charge in [0.25, 0.3) is 5.91 Å². The smallest absolute Gasteiger partial charge is 0.270 e. The van der Waals surface area contributed by atoms with E-state index in [2.05, 4.69) is 15.6 Å². The Morgan fingerprint density at radius 3 is 2.77 bits per heavy atom. The average molecular weight is 320 g/mol. The van der Waals surface area contributed by atoms with Crippen molar-refractivity contribution in [3.63, 3.8) is 0 Å². The van der Waals surface area contributed by atoms with Crippen LogP contribution in [-0.4, -0.2) is 58.5 Å². The third kappa shape index (κ3) is 3.59. The lowest BCUT2D eigenvalue weighted by Gasteiger charge is -2.33. The van der Waals surface area contributed by atoms with Crippen LogP contribution in [0.5, 0.6) is 0 Å². The maximum atomic E-state index is 12.3. The summed E-state index contributed by atoms with van der Waals surface area (Å²) in [5, 5.41) is 6.22. The Labute approximate surface area is 134 Å². The highest BCUT2D eigenvalue weighted by Gasteiger charge is 2.30. The first-order valence-electron chi connectivity index (χ1n) is 7.56. The van der Waals surface area contributed by atoms with Gasteiger partial charge >= 0.3 is 0 Å². The Hall–Kier alpha value is -1.60. The highest BCUT2D eigenvalue weighted by atomic mass is 32.2. The number of piperidine rings is 1.